The van der Waals surface area contributed by atoms with Crippen LogP contribution in [0.3, 0.4) is 0 Å². The lowest BCUT2D eigenvalue weighted by Crippen LogP contribution is -2.62. The van der Waals surface area contributed by atoms with Crippen molar-refractivity contribution in [3.63, 3.8) is 0 Å². The highest BCUT2D eigenvalue weighted by molar-refractivity contribution is 7.92. The molecule has 6 rings (SSSR count). The molecule has 2 N–H and O–H groups in total. The van der Waals surface area contributed by atoms with Gasteiger partial charge in [0.25, 0.3) is 15.9 Å². The van der Waals surface area contributed by atoms with E-state index in [1.54, 1.807) is 18.2 Å². The lowest BCUT2D eigenvalue weighted by atomic mass is 9.47. The number of amides is 1. The molecule has 2 aromatic carbocycles. The number of carbonyl (C=O) groups is 1. The second-order valence-corrected chi connectivity index (χ2v) is 16.1. The SMILES string of the molecule is Cc1cccc(C)c1-c1cc2nc(n1)NS(=O)(=O)c1cccc(c1)C(=O)N(C1CC3(C1)CC(C(C)(C)O)C3)[C@H](CC(C)C)CO2. The largest absolute Gasteiger partial charge is 0.475 e. The fourth-order valence-electron chi connectivity index (χ4n) is 7.59. The first-order chi connectivity index (χ1) is 21.1. The van der Waals surface area contributed by atoms with Crippen molar-refractivity contribution in [1.82, 2.24) is 14.9 Å². The molecule has 0 radical (unpaired) electrons. The van der Waals surface area contributed by atoms with E-state index in [0.717, 1.165) is 42.4 Å². The van der Waals surface area contributed by atoms with Crippen molar-refractivity contribution in [3.05, 3.63) is 65.2 Å². The zero-order valence-electron chi connectivity index (χ0n) is 27.0. The number of sulfonamides is 1. The van der Waals surface area contributed by atoms with Gasteiger partial charge in [-0.2, -0.15) is 4.98 Å². The maximum atomic E-state index is 14.4. The van der Waals surface area contributed by atoms with E-state index in [2.05, 4.69) is 28.5 Å². The van der Waals surface area contributed by atoms with Crippen LogP contribution >= 0.6 is 0 Å². The van der Waals surface area contributed by atoms with Crippen LogP contribution in [-0.2, 0) is 10.0 Å². The highest BCUT2D eigenvalue weighted by Gasteiger charge is 2.58. The van der Waals surface area contributed by atoms with E-state index in [9.17, 15) is 18.3 Å². The second-order valence-electron chi connectivity index (χ2n) is 14.4. The number of aliphatic hydroxyl groups is 1. The summed E-state index contributed by atoms with van der Waals surface area (Å²) in [6.45, 7) is 12.2. The molecule has 1 amide bonds. The van der Waals surface area contributed by atoms with Gasteiger partial charge >= 0.3 is 0 Å². The van der Waals surface area contributed by atoms with Crippen LogP contribution in [0.4, 0.5) is 5.95 Å². The number of fused-ring (bicyclic) bond motifs is 4. The third-order valence-electron chi connectivity index (χ3n) is 9.94. The van der Waals surface area contributed by atoms with Crippen LogP contribution in [0, 0.1) is 31.1 Å². The van der Waals surface area contributed by atoms with E-state index in [1.807, 2.05) is 50.8 Å². The van der Waals surface area contributed by atoms with E-state index in [-0.39, 0.29) is 58.6 Å². The molecule has 2 aliphatic carbocycles. The molecule has 45 heavy (non-hydrogen) atoms. The minimum Gasteiger partial charge on any atom is -0.475 e. The van der Waals surface area contributed by atoms with Gasteiger partial charge in [0.2, 0.25) is 11.8 Å². The Balaban J connectivity index is 1.41. The van der Waals surface area contributed by atoms with Crippen LogP contribution in [0.1, 0.15) is 81.3 Å². The molecule has 1 aromatic heterocycles. The Bertz CT molecular complexity index is 1700. The van der Waals surface area contributed by atoms with Crippen molar-refractivity contribution in [2.75, 3.05) is 11.3 Å². The van der Waals surface area contributed by atoms with Crippen molar-refractivity contribution >= 4 is 21.9 Å². The van der Waals surface area contributed by atoms with Gasteiger partial charge < -0.3 is 14.7 Å². The average Bonchev–Trinajstić information content (AvgIpc) is 2.90. The molecular formula is C35H44N4O5S. The summed E-state index contributed by atoms with van der Waals surface area (Å²) in [5, 5.41) is 10.5. The molecule has 10 heteroatoms. The van der Waals surface area contributed by atoms with Gasteiger partial charge in [-0.1, -0.05) is 38.1 Å². The maximum absolute atomic E-state index is 14.4. The zero-order valence-corrected chi connectivity index (χ0v) is 27.8. The predicted octanol–water partition coefficient (Wildman–Crippen LogP) is 6.14. The standard InChI is InChI=1S/C35H44N4O5S/c1-21(2)13-26-20-44-30-15-29(31-22(3)9-7-10-23(31)4)36-33(37-30)38-45(42,43)28-12-8-11-24(14-28)32(40)39(26)27-18-35(19-27)16-25(17-35)34(5,6)41/h7-12,14-15,21,25-27,41H,13,16-20H2,1-6H3,(H,36,37,38)/t25?,26-,27?,35?/m1/s1. The van der Waals surface area contributed by atoms with Gasteiger partial charge in [0, 0.05) is 23.2 Å². The normalized spacial score (nSPS) is 26.1. The first-order valence-corrected chi connectivity index (χ1v) is 17.4. The van der Waals surface area contributed by atoms with Crippen LogP contribution in [-0.4, -0.2) is 58.6 Å². The maximum Gasteiger partial charge on any atom is 0.264 e. The summed E-state index contributed by atoms with van der Waals surface area (Å²) >= 11 is 0. The van der Waals surface area contributed by atoms with Crippen LogP contribution in [0.25, 0.3) is 11.3 Å². The van der Waals surface area contributed by atoms with Crippen molar-refractivity contribution in [1.29, 1.82) is 0 Å². The number of hydrogen-bond donors (Lipinski definition) is 2. The molecule has 0 unspecified atom stereocenters. The molecule has 1 atom stereocenters. The number of aryl methyl sites for hydroxylation is 2. The lowest BCUT2D eigenvalue weighted by Gasteiger charge is -2.62. The summed E-state index contributed by atoms with van der Waals surface area (Å²) in [6, 6.07) is 13.6. The molecule has 0 saturated heterocycles. The molecular weight excluding hydrogens is 588 g/mol. The van der Waals surface area contributed by atoms with Crippen molar-refractivity contribution in [3.8, 4) is 17.1 Å². The Labute approximate surface area is 266 Å². The number of rotatable bonds is 5. The summed E-state index contributed by atoms with van der Waals surface area (Å²) < 4.78 is 36.2. The summed E-state index contributed by atoms with van der Waals surface area (Å²) in [5.41, 5.74) is 3.17. The molecule has 2 fully saturated rings. The summed E-state index contributed by atoms with van der Waals surface area (Å²) in [5.74, 6) is 0.482. The fraction of sp³-hybridized carbons (Fsp3) is 0.514. The van der Waals surface area contributed by atoms with E-state index < -0.39 is 15.6 Å². The quantitative estimate of drug-likeness (QED) is 0.347. The lowest BCUT2D eigenvalue weighted by molar-refractivity contribution is -0.146. The van der Waals surface area contributed by atoms with Gasteiger partial charge in [-0.3, -0.25) is 4.79 Å². The van der Waals surface area contributed by atoms with E-state index in [4.69, 9.17) is 4.74 Å². The summed E-state index contributed by atoms with van der Waals surface area (Å²) in [6.07, 6.45) is 4.32. The predicted molar refractivity (Wildman–Crippen MR) is 174 cm³/mol. The first-order valence-electron chi connectivity index (χ1n) is 15.9. The molecule has 2 heterocycles. The Morgan fingerprint density at radius 1 is 1.04 bits per heavy atom. The number of benzene rings is 2. The van der Waals surface area contributed by atoms with E-state index in [1.165, 1.54) is 12.1 Å². The number of anilines is 1. The van der Waals surface area contributed by atoms with Crippen molar-refractivity contribution < 1.29 is 23.1 Å². The molecule has 3 aliphatic rings. The van der Waals surface area contributed by atoms with Crippen molar-refractivity contribution in [2.24, 2.45) is 17.3 Å². The topological polar surface area (TPSA) is 122 Å². The number of carbonyl (C=O) groups excluding carboxylic acids is 1. The van der Waals surface area contributed by atoms with Gasteiger partial charge in [0.15, 0.2) is 0 Å². The third-order valence-corrected chi connectivity index (χ3v) is 11.3. The smallest absolute Gasteiger partial charge is 0.264 e. The van der Waals surface area contributed by atoms with Crippen LogP contribution in [0.15, 0.2) is 53.4 Å². The molecule has 240 valence electrons. The second kappa shape index (κ2) is 11.4. The number of aromatic nitrogens is 2. The molecule has 9 nitrogen and oxygen atoms in total. The molecule has 4 bridgehead atoms. The van der Waals surface area contributed by atoms with Crippen LogP contribution < -0.4 is 9.46 Å². The monoisotopic (exact) mass is 632 g/mol. The number of hydrogen-bond acceptors (Lipinski definition) is 7. The zero-order chi connectivity index (χ0) is 32.3. The minimum absolute atomic E-state index is 0.0118. The number of nitrogens with one attached hydrogen (secondary N) is 1. The van der Waals surface area contributed by atoms with Gasteiger partial charge in [-0.25, -0.2) is 18.1 Å². The first kappa shape index (κ1) is 31.5. The number of nitrogens with zero attached hydrogens (tertiary/aromatic N) is 3. The average molecular weight is 633 g/mol. The van der Waals surface area contributed by atoms with Gasteiger partial charge in [0.1, 0.15) is 6.61 Å². The minimum atomic E-state index is -4.12. The van der Waals surface area contributed by atoms with Gasteiger partial charge in [-0.05, 0) is 106 Å². The number of ether oxygens (including phenoxy) is 1. The molecule has 1 spiro atoms. The highest BCUT2D eigenvalue weighted by Crippen LogP contribution is 2.62. The van der Waals surface area contributed by atoms with Crippen LogP contribution in [0.5, 0.6) is 5.88 Å². The summed E-state index contributed by atoms with van der Waals surface area (Å²) in [4.78, 5) is 25.4. The van der Waals surface area contributed by atoms with E-state index in [0.29, 0.717) is 17.7 Å². The van der Waals surface area contributed by atoms with Gasteiger partial charge in [-0.15, -0.1) is 0 Å². The molecule has 2 saturated carbocycles. The summed E-state index contributed by atoms with van der Waals surface area (Å²) in [7, 11) is -4.12. The molecule has 1 aliphatic heterocycles. The van der Waals surface area contributed by atoms with Gasteiger partial charge in [0.05, 0.1) is 22.2 Å². The Morgan fingerprint density at radius 2 is 1.71 bits per heavy atom. The Kier molecular flexibility index (Phi) is 7.96. The highest BCUT2D eigenvalue weighted by atomic mass is 32.2. The third kappa shape index (κ3) is 6.19. The van der Waals surface area contributed by atoms with Crippen molar-refractivity contribution in [2.45, 2.75) is 96.2 Å². The van der Waals surface area contributed by atoms with Crippen LogP contribution in [0.2, 0.25) is 0 Å². The Morgan fingerprint density at radius 3 is 2.36 bits per heavy atom. The fourth-order valence-corrected chi connectivity index (χ4v) is 8.58. The molecule has 3 aromatic rings. The Hall–Kier alpha value is -3.50. The van der Waals surface area contributed by atoms with E-state index >= 15 is 0 Å².